The number of Topliss-reactive ketones (excluding diaryl/α,β-unsaturated/α-hetero) is 1. The van der Waals surface area contributed by atoms with Gasteiger partial charge in [-0.1, -0.05) is 46.3 Å². The number of hydrogen-bond acceptors (Lipinski definition) is 5. The summed E-state index contributed by atoms with van der Waals surface area (Å²) in [5, 5.41) is 0.747. The Bertz CT molecular complexity index is 1070. The number of carbonyl (C=O) groups is 1. The van der Waals surface area contributed by atoms with Crippen LogP contribution in [0.2, 0.25) is 0 Å². The molecule has 0 atom stereocenters. The minimum atomic E-state index is -0.558. The van der Waals surface area contributed by atoms with Crippen molar-refractivity contribution < 1.29 is 9.21 Å². The number of rotatable bonds is 6. The predicted octanol–water partition coefficient (Wildman–Crippen LogP) is 4.79. The lowest BCUT2D eigenvalue weighted by Crippen LogP contribution is -2.46. The molecule has 8 heteroatoms. The van der Waals surface area contributed by atoms with Crippen molar-refractivity contribution in [1.29, 1.82) is 0 Å². The van der Waals surface area contributed by atoms with Gasteiger partial charge in [-0.25, -0.2) is 4.79 Å². The molecule has 1 fully saturated rings. The van der Waals surface area contributed by atoms with Crippen LogP contribution in [0.25, 0.3) is 11.0 Å². The first-order valence-corrected chi connectivity index (χ1v) is 10.6. The van der Waals surface area contributed by atoms with Gasteiger partial charge in [0.15, 0.2) is 5.78 Å². The van der Waals surface area contributed by atoms with Gasteiger partial charge < -0.3 is 9.32 Å². The average molecular weight is 528 g/mol. The highest BCUT2D eigenvalue weighted by atomic mass is 79.9. The maximum Gasteiger partial charge on any atom is 0.347 e. The third-order valence-electron chi connectivity index (χ3n) is 5.36. The Labute approximate surface area is 202 Å². The van der Waals surface area contributed by atoms with E-state index in [-0.39, 0.29) is 36.2 Å². The van der Waals surface area contributed by atoms with Gasteiger partial charge in [-0.3, -0.25) is 9.69 Å². The molecule has 1 saturated heterocycles. The molecule has 0 unspecified atom stereocenters. The maximum atomic E-state index is 12.6. The van der Waals surface area contributed by atoms with Crippen molar-refractivity contribution in [3.05, 3.63) is 80.6 Å². The lowest BCUT2D eigenvalue weighted by molar-refractivity contribution is 0.0919. The number of carbonyl (C=O) groups excluding carboxylic acids is 1. The van der Waals surface area contributed by atoms with Crippen molar-refractivity contribution in [3.8, 4) is 0 Å². The molecule has 1 aromatic heterocycles. The lowest BCUT2D eigenvalue weighted by Gasteiger charge is -2.34. The average Bonchev–Trinajstić information content (AvgIpc) is 2.73. The summed E-state index contributed by atoms with van der Waals surface area (Å²) in [6.45, 7) is 5.44. The number of halogens is 3. The van der Waals surface area contributed by atoms with Crippen molar-refractivity contribution in [2.75, 3.05) is 32.7 Å². The molecule has 3 aromatic rings. The number of fused-ring (bicyclic) bond motifs is 1. The number of ketones is 1. The van der Waals surface area contributed by atoms with Crippen LogP contribution in [0.5, 0.6) is 0 Å². The molecule has 0 N–H and O–H groups in total. The monoisotopic (exact) mass is 526 g/mol. The summed E-state index contributed by atoms with van der Waals surface area (Å²) >= 11 is 3.41. The topological polar surface area (TPSA) is 53.8 Å². The molecule has 0 spiro atoms. The Morgan fingerprint density at radius 2 is 1.61 bits per heavy atom. The Balaban J connectivity index is 0.00000171. The van der Waals surface area contributed by atoms with Gasteiger partial charge in [-0.15, -0.1) is 24.8 Å². The van der Waals surface area contributed by atoms with Gasteiger partial charge in [0.1, 0.15) is 11.1 Å². The maximum absolute atomic E-state index is 12.6. The fourth-order valence-corrected chi connectivity index (χ4v) is 4.07. The van der Waals surface area contributed by atoms with Crippen LogP contribution >= 0.6 is 40.7 Å². The molecule has 0 aliphatic carbocycles. The van der Waals surface area contributed by atoms with Crippen molar-refractivity contribution in [1.82, 2.24) is 9.80 Å². The molecule has 0 bridgehead atoms. The van der Waals surface area contributed by atoms with Gasteiger partial charge in [-0.05, 0) is 29.8 Å². The molecule has 1 aliphatic heterocycles. The zero-order chi connectivity index (χ0) is 20.2. The van der Waals surface area contributed by atoms with E-state index in [1.807, 2.05) is 18.2 Å². The summed E-state index contributed by atoms with van der Waals surface area (Å²) in [5.41, 5.74) is 1.39. The Morgan fingerprint density at radius 1 is 0.935 bits per heavy atom. The number of piperazine rings is 1. The van der Waals surface area contributed by atoms with Crippen molar-refractivity contribution >= 4 is 57.5 Å². The minimum absolute atomic E-state index is 0. The standard InChI is InChI=1S/C23H23BrN2O3.2ClH/c24-19-6-7-22-18(14-19)15-20(23(28)29-22)21(27)8-9-25-10-12-26(13-11-25)16-17-4-2-1-3-5-17;;/h1-7,14-15H,8-13,16H2;2*1H. The van der Waals surface area contributed by atoms with Crippen LogP contribution in [-0.2, 0) is 6.54 Å². The Kier molecular flexibility index (Phi) is 9.72. The minimum Gasteiger partial charge on any atom is -0.422 e. The van der Waals surface area contributed by atoms with E-state index < -0.39 is 5.63 Å². The quantitative estimate of drug-likeness (QED) is 0.341. The van der Waals surface area contributed by atoms with Crippen LogP contribution in [0.15, 0.2) is 68.3 Å². The predicted molar refractivity (Wildman–Crippen MR) is 132 cm³/mol. The molecular weight excluding hydrogens is 503 g/mol. The van der Waals surface area contributed by atoms with E-state index in [1.54, 1.807) is 12.1 Å². The van der Waals surface area contributed by atoms with Gasteiger partial charge in [-0.2, -0.15) is 0 Å². The second-order valence-corrected chi connectivity index (χ2v) is 8.32. The van der Waals surface area contributed by atoms with Crippen LogP contribution in [0.4, 0.5) is 0 Å². The molecule has 0 radical (unpaired) electrons. The van der Waals surface area contributed by atoms with Gasteiger partial charge in [0.25, 0.3) is 0 Å². The number of hydrogen-bond donors (Lipinski definition) is 0. The zero-order valence-corrected chi connectivity index (χ0v) is 20.2. The summed E-state index contributed by atoms with van der Waals surface area (Å²) in [5.74, 6) is -0.160. The van der Waals surface area contributed by atoms with E-state index in [9.17, 15) is 9.59 Å². The fourth-order valence-electron chi connectivity index (χ4n) is 3.70. The first-order valence-electron chi connectivity index (χ1n) is 9.84. The normalized spacial score (nSPS) is 14.6. The molecule has 5 nitrogen and oxygen atoms in total. The molecular formula is C23H25BrCl2N2O3. The van der Waals surface area contributed by atoms with E-state index in [1.165, 1.54) is 5.56 Å². The molecule has 2 aromatic carbocycles. The van der Waals surface area contributed by atoms with Crippen LogP contribution in [0.3, 0.4) is 0 Å². The molecule has 1 aliphatic rings. The fraction of sp³-hybridized carbons (Fsp3) is 0.304. The van der Waals surface area contributed by atoms with Crippen LogP contribution in [0, 0.1) is 0 Å². The highest BCUT2D eigenvalue weighted by molar-refractivity contribution is 9.10. The molecule has 0 amide bonds. The van der Waals surface area contributed by atoms with E-state index in [4.69, 9.17) is 4.42 Å². The first-order chi connectivity index (χ1) is 14.1. The van der Waals surface area contributed by atoms with Crippen molar-refractivity contribution in [3.63, 3.8) is 0 Å². The van der Waals surface area contributed by atoms with Crippen LogP contribution in [-0.4, -0.2) is 48.3 Å². The van der Waals surface area contributed by atoms with Gasteiger partial charge in [0, 0.05) is 55.5 Å². The summed E-state index contributed by atoms with van der Waals surface area (Å²) in [4.78, 5) is 29.6. The zero-order valence-electron chi connectivity index (χ0n) is 17.0. The van der Waals surface area contributed by atoms with Crippen molar-refractivity contribution in [2.45, 2.75) is 13.0 Å². The second-order valence-electron chi connectivity index (χ2n) is 7.41. The van der Waals surface area contributed by atoms with Gasteiger partial charge >= 0.3 is 5.63 Å². The molecule has 31 heavy (non-hydrogen) atoms. The smallest absolute Gasteiger partial charge is 0.347 e. The largest absolute Gasteiger partial charge is 0.422 e. The van der Waals surface area contributed by atoms with E-state index >= 15 is 0 Å². The Morgan fingerprint density at radius 3 is 2.32 bits per heavy atom. The molecule has 166 valence electrons. The summed E-state index contributed by atoms with van der Waals surface area (Å²) < 4.78 is 6.19. The molecule has 2 heterocycles. The number of benzene rings is 2. The SMILES string of the molecule is Cl.Cl.O=C(CCN1CCN(Cc2ccccc2)CC1)c1cc2cc(Br)ccc2oc1=O. The van der Waals surface area contributed by atoms with Gasteiger partial charge in [0.05, 0.1) is 0 Å². The third-order valence-corrected chi connectivity index (χ3v) is 5.86. The second kappa shape index (κ2) is 11.8. The van der Waals surface area contributed by atoms with E-state index in [0.29, 0.717) is 18.5 Å². The third kappa shape index (κ3) is 6.64. The molecule has 0 saturated carbocycles. The highest BCUT2D eigenvalue weighted by Gasteiger charge is 2.19. The highest BCUT2D eigenvalue weighted by Crippen LogP contribution is 2.20. The first kappa shape index (κ1) is 25.6. The summed E-state index contributed by atoms with van der Waals surface area (Å²) in [7, 11) is 0. The molecule has 4 rings (SSSR count). The van der Waals surface area contributed by atoms with Crippen LogP contribution < -0.4 is 5.63 Å². The van der Waals surface area contributed by atoms with Gasteiger partial charge in [0.2, 0.25) is 0 Å². The lowest BCUT2D eigenvalue weighted by atomic mass is 10.1. The summed E-state index contributed by atoms with van der Waals surface area (Å²) in [6.07, 6.45) is 0.322. The van der Waals surface area contributed by atoms with E-state index in [0.717, 1.165) is 42.6 Å². The Hall–Kier alpha value is -1.70. The number of nitrogens with zero attached hydrogens (tertiary/aromatic N) is 2. The van der Waals surface area contributed by atoms with Crippen LogP contribution in [0.1, 0.15) is 22.3 Å². The summed E-state index contributed by atoms with van der Waals surface area (Å²) in [6, 6.07) is 17.5. The van der Waals surface area contributed by atoms with Crippen molar-refractivity contribution in [2.24, 2.45) is 0 Å². The van der Waals surface area contributed by atoms with E-state index in [2.05, 4.69) is 50.0 Å².